The maximum atomic E-state index is 14.0. The van der Waals surface area contributed by atoms with Gasteiger partial charge in [0.15, 0.2) is 12.6 Å². The van der Waals surface area contributed by atoms with Crippen LogP contribution in [0.4, 0.5) is 4.39 Å². The van der Waals surface area contributed by atoms with Crippen LogP contribution in [0.15, 0.2) is 59.1 Å². The molecular weight excluding hydrogens is 505 g/mol. The van der Waals surface area contributed by atoms with E-state index in [4.69, 9.17) is 9.26 Å². The Morgan fingerprint density at radius 1 is 1.00 bits per heavy atom. The van der Waals surface area contributed by atoms with Crippen molar-refractivity contribution in [1.82, 2.24) is 10.1 Å². The lowest BCUT2D eigenvalue weighted by atomic mass is 9.74. The fourth-order valence-corrected chi connectivity index (χ4v) is 6.85. The molecule has 4 heterocycles. The van der Waals surface area contributed by atoms with E-state index in [9.17, 15) is 9.18 Å². The predicted octanol–water partition coefficient (Wildman–Crippen LogP) is 2.82. The van der Waals surface area contributed by atoms with Gasteiger partial charge in [-0.2, -0.15) is 4.98 Å². The van der Waals surface area contributed by atoms with Gasteiger partial charge in [-0.1, -0.05) is 61.2 Å². The Hall–Kier alpha value is -2.77. The molecule has 4 aliphatic rings. The van der Waals surface area contributed by atoms with Crippen LogP contribution in [0.2, 0.25) is 0 Å². The number of nitrogens with zero attached hydrogens (tertiary/aromatic N) is 3. The van der Waals surface area contributed by atoms with E-state index in [-0.39, 0.29) is 30.3 Å². The topological polar surface area (TPSA) is 65.2 Å². The molecule has 3 aliphatic heterocycles. The zero-order chi connectivity index (χ0) is 25.3. The number of quaternary nitrogens is 1. The second-order valence-corrected chi connectivity index (χ2v) is 11.3. The third-order valence-electron chi connectivity index (χ3n) is 9.02. The van der Waals surface area contributed by atoms with Crippen LogP contribution in [0, 0.1) is 11.7 Å². The molecule has 1 atom stereocenters. The highest BCUT2D eigenvalue weighted by Gasteiger charge is 2.51. The molecule has 0 spiro atoms. The second kappa shape index (κ2) is 11.1. The van der Waals surface area contributed by atoms with Crippen molar-refractivity contribution in [1.29, 1.82) is 0 Å². The van der Waals surface area contributed by atoms with Gasteiger partial charge in [0.25, 0.3) is 5.89 Å². The number of hydrogen-bond acceptors (Lipinski definition) is 5. The molecule has 1 aliphatic carbocycles. The summed E-state index contributed by atoms with van der Waals surface area (Å²) in [5.41, 5.74) is 1.30. The highest BCUT2D eigenvalue weighted by atomic mass is 35.5. The smallest absolute Gasteiger partial charge is 0.317 e. The first kappa shape index (κ1) is 26.8. The lowest BCUT2D eigenvalue weighted by Crippen LogP contribution is -3.00. The molecule has 4 fully saturated rings. The first-order valence-corrected chi connectivity index (χ1v) is 13.8. The minimum atomic E-state index is -0.537. The number of piperidine rings is 3. The number of benzene rings is 2. The summed E-state index contributed by atoms with van der Waals surface area (Å²) in [7, 11) is 0. The Labute approximate surface area is 229 Å². The summed E-state index contributed by atoms with van der Waals surface area (Å²) in [5, 5.41) is 4.14. The Balaban J connectivity index is 0.00000294. The summed E-state index contributed by atoms with van der Waals surface area (Å²) < 4.78 is 26.2. The molecule has 0 amide bonds. The normalized spacial score (nSPS) is 26.2. The Kier molecular flexibility index (Phi) is 7.87. The minimum absolute atomic E-state index is 0. The van der Waals surface area contributed by atoms with E-state index in [0.29, 0.717) is 24.2 Å². The summed E-state index contributed by atoms with van der Waals surface area (Å²) >= 11 is 0. The molecule has 1 unspecified atom stereocenters. The summed E-state index contributed by atoms with van der Waals surface area (Å²) in [6.07, 6.45) is 8.19. The fourth-order valence-electron chi connectivity index (χ4n) is 6.85. The van der Waals surface area contributed by atoms with Gasteiger partial charge < -0.3 is 26.2 Å². The molecule has 2 aromatic carbocycles. The number of carbonyl (C=O) groups is 1. The molecule has 2 bridgehead atoms. The molecule has 38 heavy (non-hydrogen) atoms. The van der Waals surface area contributed by atoms with Crippen molar-refractivity contribution in [3.05, 3.63) is 71.9 Å². The van der Waals surface area contributed by atoms with Gasteiger partial charge in [-0.05, 0) is 42.7 Å². The third kappa shape index (κ3) is 5.23. The standard InChI is InChI=1S/C30H35FN3O3.ClH/c31-25-12-10-23(11-13-25)28-32-27(37-33-28)21-34-18-14-22(15-19-34)26(20-34)36-29(35)30(16-6-1-2-7-17-30)24-8-4-3-5-9-24;/h3-5,8-13,22,26H,1-2,6-7,14-21H2;1H/q+1;/p-1. The summed E-state index contributed by atoms with van der Waals surface area (Å²) in [5.74, 6) is 1.14. The van der Waals surface area contributed by atoms with Crippen LogP contribution in [0.25, 0.3) is 11.4 Å². The molecule has 0 N–H and O–H groups in total. The van der Waals surface area contributed by atoms with Gasteiger partial charge in [0.1, 0.15) is 12.4 Å². The van der Waals surface area contributed by atoms with E-state index in [1.165, 1.54) is 25.0 Å². The molecular formula is C30H35ClFN3O3. The lowest BCUT2D eigenvalue weighted by Gasteiger charge is -2.51. The van der Waals surface area contributed by atoms with Crippen molar-refractivity contribution in [2.45, 2.75) is 69.4 Å². The van der Waals surface area contributed by atoms with Gasteiger partial charge in [-0.3, -0.25) is 4.79 Å². The molecule has 8 heteroatoms. The summed E-state index contributed by atoms with van der Waals surface area (Å²) in [6, 6.07) is 16.4. The molecule has 3 aromatic rings. The van der Waals surface area contributed by atoms with Crippen molar-refractivity contribution in [2.75, 3.05) is 19.6 Å². The molecule has 3 saturated heterocycles. The number of hydrogen-bond donors (Lipinski definition) is 0. The van der Waals surface area contributed by atoms with Gasteiger partial charge in [0.05, 0.1) is 18.5 Å². The van der Waals surface area contributed by atoms with Crippen LogP contribution in [0.1, 0.15) is 62.8 Å². The van der Waals surface area contributed by atoms with Crippen LogP contribution in [-0.4, -0.2) is 46.3 Å². The highest BCUT2D eigenvalue weighted by molar-refractivity contribution is 5.83. The predicted molar refractivity (Wildman–Crippen MR) is 137 cm³/mol. The molecule has 7 rings (SSSR count). The Morgan fingerprint density at radius 3 is 2.37 bits per heavy atom. The molecule has 0 radical (unpaired) electrons. The number of rotatable bonds is 6. The summed E-state index contributed by atoms with van der Waals surface area (Å²) in [6.45, 7) is 3.46. The fraction of sp³-hybridized carbons (Fsp3) is 0.500. The second-order valence-electron chi connectivity index (χ2n) is 11.3. The Morgan fingerprint density at radius 2 is 1.68 bits per heavy atom. The monoisotopic (exact) mass is 539 g/mol. The number of halogens is 2. The van der Waals surface area contributed by atoms with Crippen molar-refractivity contribution in [2.24, 2.45) is 5.92 Å². The maximum Gasteiger partial charge on any atom is 0.317 e. The number of ether oxygens (including phenoxy) is 1. The quantitative estimate of drug-likeness (QED) is 0.274. The van der Waals surface area contributed by atoms with E-state index in [1.54, 1.807) is 12.1 Å². The van der Waals surface area contributed by atoms with E-state index < -0.39 is 5.41 Å². The highest BCUT2D eigenvalue weighted by Crippen LogP contribution is 2.42. The average Bonchev–Trinajstić information content (AvgIpc) is 3.23. The van der Waals surface area contributed by atoms with Gasteiger partial charge >= 0.3 is 5.97 Å². The first-order valence-electron chi connectivity index (χ1n) is 13.8. The zero-order valence-electron chi connectivity index (χ0n) is 21.7. The number of aromatic nitrogens is 2. The number of carbonyl (C=O) groups excluding carboxylic acids is 1. The van der Waals surface area contributed by atoms with Crippen LogP contribution < -0.4 is 12.4 Å². The van der Waals surface area contributed by atoms with Crippen LogP contribution in [0.3, 0.4) is 0 Å². The number of esters is 1. The maximum absolute atomic E-state index is 14.0. The van der Waals surface area contributed by atoms with E-state index in [1.807, 2.05) is 18.2 Å². The molecule has 1 aromatic heterocycles. The minimum Gasteiger partial charge on any atom is -1.00 e. The third-order valence-corrected chi connectivity index (χ3v) is 9.02. The molecule has 6 nitrogen and oxygen atoms in total. The Bertz CT molecular complexity index is 1220. The van der Waals surface area contributed by atoms with E-state index >= 15 is 0 Å². The SMILES string of the molecule is O=C(OC1C[N+]2(Cc3nc(-c4ccc(F)cc4)no3)CCC1CC2)C1(c2ccccc2)CCCCCC1.[Cl-]. The van der Waals surface area contributed by atoms with Crippen LogP contribution in [-0.2, 0) is 21.5 Å². The van der Waals surface area contributed by atoms with Crippen molar-refractivity contribution < 1.29 is 35.3 Å². The van der Waals surface area contributed by atoms with Crippen molar-refractivity contribution in [3.63, 3.8) is 0 Å². The van der Waals surface area contributed by atoms with Gasteiger partial charge in [-0.15, -0.1) is 0 Å². The van der Waals surface area contributed by atoms with E-state index in [0.717, 1.165) is 73.8 Å². The van der Waals surface area contributed by atoms with Crippen LogP contribution in [0.5, 0.6) is 0 Å². The van der Waals surface area contributed by atoms with Gasteiger partial charge in [-0.25, -0.2) is 4.39 Å². The largest absolute Gasteiger partial charge is 1.00 e. The van der Waals surface area contributed by atoms with E-state index in [2.05, 4.69) is 22.3 Å². The van der Waals surface area contributed by atoms with Crippen molar-refractivity contribution >= 4 is 5.97 Å². The first-order chi connectivity index (χ1) is 18.1. The van der Waals surface area contributed by atoms with Crippen molar-refractivity contribution in [3.8, 4) is 11.4 Å². The lowest BCUT2D eigenvalue weighted by molar-refractivity contribution is -0.959. The molecule has 1 saturated carbocycles. The average molecular weight is 540 g/mol. The van der Waals surface area contributed by atoms with Gasteiger partial charge in [0.2, 0.25) is 5.82 Å². The molecule has 202 valence electrons. The van der Waals surface area contributed by atoms with Gasteiger partial charge in [0, 0.05) is 24.3 Å². The number of fused-ring (bicyclic) bond motifs is 3. The van der Waals surface area contributed by atoms with Crippen LogP contribution >= 0.6 is 0 Å². The zero-order valence-corrected chi connectivity index (χ0v) is 22.4. The summed E-state index contributed by atoms with van der Waals surface area (Å²) in [4.78, 5) is 18.6.